The summed E-state index contributed by atoms with van der Waals surface area (Å²) in [5, 5.41) is 0.302. The van der Waals surface area contributed by atoms with Crippen molar-refractivity contribution in [1.29, 1.82) is 0 Å². The first kappa shape index (κ1) is 15.8. The molecule has 0 N–H and O–H groups in total. The van der Waals surface area contributed by atoms with Crippen LogP contribution < -0.4 is 0 Å². The number of Topliss-reactive ketones (excluding diaryl/α,β-unsaturated/α-hetero) is 1. The van der Waals surface area contributed by atoms with Crippen molar-refractivity contribution in [3.63, 3.8) is 0 Å². The number of fused-ring (bicyclic) bond motifs is 1. The Hall–Kier alpha value is -0.580. The Labute approximate surface area is 129 Å². The predicted octanol–water partition coefficient (Wildman–Crippen LogP) is 3.52. The van der Waals surface area contributed by atoms with E-state index in [0.29, 0.717) is 11.2 Å². The first-order chi connectivity index (χ1) is 9.33. The van der Waals surface area contributed by atoms with Crippen molar-refractivity contribution in [1.82, 2.24) is 4.90 Å². The molecule has 1 saturated carbocycles. The highest BCUT2D eigenvalue weighted by Crippen LogP contribution is 2.40. The number of amides is 1. The molecule has 1 amide bonds. The molecule has 2 fully saturated rings. The van der Waals surface area contributed by atoms with Gasteiger partial charge in [0.05, 0.1) is 11.4 Å². The minimum Gasteiger partial charge on any atom is -0.444 e. The molecule has 0 radical (unpaired) electrons. The number of ether oxygens (including phenoxy) is 1. The van der Waals surface area contributed by atoms with E-state index >= 15 is 0 Å². The Kier molecular flexibility index (Phi) is 4.77. The number of hydrogen-bond donors (Lipinski definition) is 0. The molecule has 0 bridgehead atoms. The minimum absolute atomic E-state index is 0.0882. The molecule has 3 atom stereocenters. The summed E-state index contributed by atoms with van der Waals surface area (Å²) >= 11 is 3.23. The van der Waals surface area contributed by atoms with Gasteiger partial charge in [-0.15, -0.1) is 0 Å². The molecular weight excluding hydrogens is 322 g/mol. The molecule has 20 heavy (non-hydrogen) atoms. The third kappa shape index (κ3) is 3.35. The van der Waals surface area contributed by atoms with Crippen molar-refractivity contribution in [3.05, 3.63) is 0 Å². The fourth-order valence-corrected chi connectivity index (χ4v) is 3.79. The lowest BCUT2D eigenvalue weighted by Gasteiger charge is -2.34. The van der Waals surface area contributed by atoms with Gasteiger partial charge >= 0.3 is 6.09 Å². The maximum atomic E-state index is 12.5. The smallest absolute Gasteiger partial charge is 0.411 e. The zero-order valence-electron chi connectivity index (χ0n) is 12.5. The van der Waals surface area contributed by atoms with Gasteiger partial charge in [0.1, 0.15) is 5.60 Å². The highest BCUT2D eigenvalue weighted by molar-refractivity contribution is 9.09. The molecule has 5 heteroatoms. The van der Waals surface area contributed by atoms with Crippen LogP contribution in [0, 0.1) is 5.92 Å². The summed E-state index contributed by atoms with van der Waals surface area (Å²) in [6.45, 7) is 5.59. The summed E-state index contributed by atoms with van der Waals surface area (Å²) in [6, 6.07) is -0.121. The molecule has 2 rings (SSSR count). The molecule has 1 aliphatic carbocycles. The van der Waals surface area contributed by atoms with Crippen molar-refractivity contribution in [2.45, 2.75) is 70.6 Å². The van der Waals surface area contributed by atoms with Crippen LogP contribution in [0.4, 0.5) is 4.79 Å². The van der Waals surface area contributed by atoms with Gasteiger partial charge in [-0.2, -0.15) is 0 Å². The van der Waals surface area contributed by atoms with Crippen LogP contribution in [0.5, 0.6) is 0 Å². The van der Waals surface area contributed by atoms with Crippen LogP contribution in [0.15, 0.2) is 0 Å². The second-order valence-electron chi connectivity index (χ2n) is 6.85. The fraction of sp³-hybridized carbons (Fsp3) is 0.867. The standard InChI is InChI=1S/C15H24BrNO3/c1-15(2,3)20-14(19)17-11-7-5-4-6-10(11)8-12(17)13(18)9-16/h10-12H,4-9H2,1-3H3/t10?,11?,12-/m1/s1. The zero-order valence-corrected chi connectivity index (χ0v) is 14.1. The van der Waals surface area contributed by atoms with E-state index in [1.807, 2.05) is 20.8 Å². The Morgan fingerprint density at radius 3 is 2.50 bits per heavy atom. The van der Waals surface area contributed by atoms with E-state index in [1.54, 1.807) is 4.90 Å². The topological polar surface area (TPSA) is 46.6 Å². The second kappa shape index (κ2) is 6.04. The van der Waals surface area contributed by atoms with Crippen LogP contribution in [-0.2, 0) is 9.53 Å². The van der Waals surface area contributed by atoms with Crippen molar-refractivity contribution in [3.8, 4) is 0 Å². The highest BCUT2D eigenvalue weighted by atomic mass is 79.9. The van der Waals surface area contributed by atoms with Gasteiger partial charge in [0.25, 0.3) is 0 Å². The van der Waals surface area contributed by atoms with Gasteiger partial charge in [0.15, 0.2) is 5.78 Å². The van der Waals surface area contributed by atoms with Crippen LogP contribution in [-0.4, -0.2) is 39.8 Å². The molecule has 0 spiro atoms. The van der Waals surface area contributed by atoms with Gasteiger partial charge in [-0.1, -0.05) is 28.8 Å². The predicted molar refractivity (Wildman–Crippen MR) is 81.0 cm³/mol. The molecule has 114 valence electrons. The Morgan fingerprint density at radius 2 is 1.90 bits per heavy atom. The summed E-state index contributed by atoms with van der Waals surface area (Å²) in [5.41, 5.74) is -0.522. The molecule has 1 saturated heterocycles. The minimum atomic E-state index is -0.522. The average molecular weight is 346 g/mol. The number of carbonyl (C=O) groups is 2. The van der Waals surface area contributed by atoms with E-state index < -0.39 is 5.60 Å². The number of likely N-dealkylation sites (tertiary alicyclic amines) is 1. The maximum Gasteiger partial charge on any atom is 0.411 e. The number of halogens is 1. The van der Waals surface area contributed by atoms with Crippen LogP contribution in [0.25, 0.3) is 0 Å². The van der Waals surface area contributed by atoms with Gasteiger partial charge in [0.2, 0.25) is 0 Å². The molecule has 2 aliphatic rings. The van der Waals surface area contributed by atoms with Gasteiger partial charge in [-0.25, -0.2) is 4.79 Å². The van der Waals surface area contributed by atoms with E-state index in [0.717, 1.165) is 25.7 Å². The van der Waals surface area contributed by atoms with E-state index in [-0.39, 0.29) is 24.0 Å². The maximum absolute atomic E-state index is 12.5. The average Bonchev–Trinajstić information content (AvgIpc) is 2.75. The lowest BCUT2D eigenvalue weighted by Crippen LogP contribution is -2.48. The number of ketones is 1. The lowest BCUT2D eigenvalue weighted by atomic mass is 9.84. The molecule has 4 nitrogen and oxygen atoms in total. The zero-order chi connectivity index (χ0) is 14.9. The van der Waals surface area contributed by atoms with E-state index in [2.05, 4.69) is 15.9 Å². The molecule has 1 aliphatic heterocycles. The van der Waals surface area contributed by atoms with Gasteiger partial charge in [0, 0.05) is 6.04 Å². The summed E-state index contributed by atoms with van der Waals surface area (Å²) in [5.74, 6) is 0.550. The molecule has 0 aromatic rings. The summed E-state index contributed by atoms with van der Waals surface area (Å²) < 4.78 is 5.52. The van der Waals surface area contributed by atoms with Gasteiger partial charge in [-0.3, -0.25) is 9.69 Å². The molecule has 0 aromatic heterocycles. The third-order valence-electron chi connectivity index (χ3n) is 4.20. The van der Waals surface area contributed by atoms with Crippen molar-refractivity contribution in [2.24, 2.45) is 5.92 Å². The normalized spacial score (nSPS) is 30.0. The third-order valence-corrected chi connectivity index (χ3v) is 4.75. The van der Waals surface area contributed by atoms with E-state index in [4.69, 9.17) is 4.74 Å². The largest absolute Gasteiger partial charge is 0.444 e. The number of hydrogen-bond acceptors (Lipinski definition) is 3. The van der Waals surface area contributed by atoms with Crippen molar-refractivity contribution in [2.75, 3.05) is 5.33 Å². The quantitative estimate of drug-likeness (QED) is 0.719. The molecule has 1 heterocycles. The Morgan fingerprint density at radius 1 is 1.25 bits per heavy atom. The lowest BCUT2D eigenvalue weighted by molar-refractivity contribution is -0.121. The Bertz CT molecular complexity index is 391. The number of rotatable bonds is 2. The second-order valence-corrected chi connectivity index (χ2v) is 7.41. The molecule has 0 aromatic carbocycles. The van der Waals surface area contributed by atoms with Crippen LogP contribution >= 0.6 is 15.9 Å². The summed E-state index contributed by atoms with van der Waals surface area (Å²) in [7, 11) is 0. The first-order valence-corrected chi connectivity index (χ1v) is 8.55. The van der Waals surface area contributed by atoms with Gasteiger partial charge < -0.3 is 4.74 Å². The van der Waals surface area contributed by atoms with Crippen molar-refractivity contribution < 1.29 is 14.3 Å². The number of carbonyl (C=O) groups excluding carboxylic acids is 2. The molecular formula is C15H24BrNO3. The van der Waals surface area contributed by atoms with Gasteiger partial charge in [-0.05, 0) is 46.0 Å². The number of alkyl halides is 1. The van der Waals surface area contributed by atoms with Crippen LogP contribution in [0.3, 0.4) is 0 Å². The SMILES string of the molecule is CC(C)(C)OC(=O)N1C2CCCCC2C[C@@H]1C(=O)CBr. The monoisotopic (exact) mass is 345 g/mol. The van der Waals surface area contributed by atoms with E-state index in [1.165, 1.54) is 6.42 Å². The van der Waals surface area contributed by atoms with Crippen molar-refractivity contribution >= 4 is 27.8 Å². The van der Waals surface area contributed by atoms with E-state index in [9.17, 15) is 9.59 Å². The first-order valence-electron chi connectivity index (χ1n) is 7.43. The van der Waals surface area contributed by atoms with Crippen LogP contribution in [0.2, 0.25) is 0 Å². The summed E-state index contributed by atoms with van der Waals surface area (Å²) in [4.78, 5) is 26.4. The summed E-state index contributed by atoms with van der Waals surface area (Å²) in [6.07, 6.45) is 4.93. The fourth-order valence-electron chi connectivity index (χ4n) is 3.41. The van der Waals surface area contributed by atoms with Crippen LogP contribution in [0.1, 0.15) is 52.9 Å². The number of nitrogens with zero attached hydrogens (tertiary/aromatic N) is 1. The highest BCUT2D eigenvalue weighted by Gasteiger charge is 2.48. The Balaban J connectivity index is 2.19. The molecule has 2 unspecified atom stereocenters.